The molecule has 1 heterocycles. The minimum atomic E-state index is -0.882. The molecule has 0 unspecified atom stereocenters. The highest BCUT2D eigenvalue weighted by Gasteiger charge is 2.19. The Morgan fingerprint density at radius 1 is 1.59 bits per heavy atom. The second kappa shape index (κ2) is 4.54. The van der Waals surface area contributed by atoms with Gasteiger partial charge in [-0.15, -0.1) is 0 Å². The normalized spacial score (nSPS) is 11.3. The summed E-state index contributed by atoms with van der Waals surface area (Å²) < 4.78 is 0. The predicted octanol–water partition coefficient (Wildman–Crippen LogP) is 0.779. The fourth-order valence-electron chi connectivity index (χ4n) is 1.49. The minimum absolute atomic E-state index is 0.130. The molecule has 1 aromatic heterocycles. The van der Waals surface area contributed by atoms with Crippen LogP contribution < -0.4 is 10.6 Å². The molecule has 1 aromatic rings. The lowest BCUT2D eigenvalue weighted by Gasteiger charge is -2.26. The highest BCUT2D eigenvalue weighted by molar-refractivity contribution is 5.57. The smallest absolute Gasteiger partial charge is 0.311 e. The molecule has 94 valence electrons. The Morgan fingerprint density at radius 2 is 2.18 bits per heavy atom. The van der Waals surface area contributed by atoms with Crippen molar-refractivity contribution in [2.24, 2.45) is 0 Å². The maximum atomic E-state index is 10.6. The van der Waals surface area contributed by atoms with Gasteiger partial charge in [0.25, 0.3) is 0 Å². The Hall–Kier alpha value is -1.89. The average molecular weight is 240 g/mol. The number of likely N-dealkylation sites (N-methyl/N-ethyl adjacent to an activating group) is 1. The first-order chi connectivity index (χ1) is 7.70. The zero-order valence-electron chi connectivity index (χ0n) is 10.0. The number of aromatic nitrogens is 1. The van der Waals surface area contributed by atoms with Crippen LogP contribution >= 0.6 is 0 Å². The monoisotopic (exact) mass is 240 g/mol. The second-order valence-corrected chi connectivity index (χ2v) is 4.50. The fourth-order valence-corrected chi connectivity index (χ4v) is 1.49. The highest BCUT2D eigenvalue weighted by atomic mass is 16.6. The van der Waals surface area contributed by atoms with Crippen molar-refractivity contribution in [3.8, 4) is 0 Å². The molecular formula is C10H16N4O3. The predicted molar refractivity (Wildman–Crippen MR) is 64.9 cm³/mol. The van der Waals surface area contributed by atoms with Crippen LogP contribution in [0.15, 0.2) is 12.1 Å². The van der Waals surface area contributed by atoms with Crippen molar-refractivity contribution in [1.29, 1.82) is 0 Å². The molecule has 1 rings (SSSR count). The van der Waals surface area contributed by atoms with E-state index in [4.69, 9.17) is 5.73 Å². The summed E-state index contributed by atoms with van der Waals surface area (Å²) in [7, 11) is 1.73. The van der Waals surface area contributed by atoms with E-state index in [2.05, 4.69) is 4.98 Å². The maximum Gasteiger partial charge on any atom is 0.311 e. The molecule has 0 bridgehead atoms. The van der Waals surface area contributed by atoms with Crippen LogP contribution in [0.3, 0.4) is 0 Å². The zero-order chi connectivity index (χ0) is 13.2. The molecule has 0 saturated carbocycles. The van der Waals surface area contributed by atoms with E-state index in [0.29, 0.717) is 12.4 Å². The first kappa shape index (κ1) is 13.2. The topological polar surface area (TPSA) is 106 Å². The number of hydrogen-bond acceptors (Lipinski definition) is 6. The van der Waals surface area contributed by atoms with Gasteiger partial charge in [-0.3, -0.25) is 10.1 Å². The summed E-state index contributed by atoms with van der Waals surface area (Å²) in [5.74, 6) is 0.352. The van der Waals surface area contributed by atoms with Gasteiger partial charge in [0, 0.05) is 19.7 Å². The Kier molecular flexibility index (Phi) is 3.52. The van der Waals surface area contributed by atoms with E-state index in [1.807, 2.05) is 0 Å². The molecule has 0 aliphatic rings. The molecule has 0 aromatic carbocycles. The van der Waals surface area contributed by atoms with Crippen molar-refractivity contribution in [3.63, 3.8) is 0 Å². The van der Waals surface area contributed by atoms with E-state index in [1.165, 1.54) is 12.1 Å². The van der Waals surface area contributed by atoms with Crippen LogP contribution in [-0.2, 0) is 0 Å². The lowest BCUT2D eigenvalue weighted by atomic mass is 10.1. The fraction of sp³-hybridized carbons (Fsp3) is 0.500. The van der Waals surface area contributed by atoms with E-state index >= 15 is 0 Å². The summed E-state index contributed by atoms with van der Waals surface area (Å²) in [4.78, 5) is 15.6. The van der Waals surface area contributed by atoms with Crippen LogP contribution in [0, 0.1) is 10.1 Å². The highest BCUT2D eigenvalue weighted by Crippen LogP contribution is 2.23. The summed E-state index contributed by atoms with van der Waals surface area (Å²) in [6, 6.07) is 2.80. The minimum Gasteiger partial charge on any atom is -0.389 e. The van der Waals surface area contributed by atoms with Gasteiger partial charge >= 0.3 is 5.69 Å². The van der Waals surface area contributed by atoms with Gasteiger partial charge in [-0.05, 0) is 19.9 Å². The first-order valence-electron chi connectivity index (χ1n) is 5.05. The van der Waals surface area contributed by atoms with Gasteiger partial charge in [-0.2, -0.15) is 0 Å². The third-order valence-electron chi connectivity index (χ3n) is 2.10. The van der Waals surface area contributed by atoms with E-state index in [0.717, 1.165) is 0 Å². The van der Waals surface area contributed by atoms with Crippen molar-refractivity contribution in [2.75, 3.05) is 24.2 Å². The molecule has 3 N–H and O–H groups in total. The van der Waals surface area contributed by atoms with Crippen LogP contribution in [0.4, 0.5) is 17.3 Å². The second-order valence-electron chi connectivity index (χ2n) is 4.50. The number of pyridine rings is 1. The molecule has 0 aliphatic heterocycles. The number of nitro groups is 1. The standard InChI is InChI=1S/C10H16N4O3/c1-10(2,15)6-13(3)8-5-4-7(14(16)17)9(11)12-8/h4-5,15H,6H2,1-3H3,(H2,11,12). The van der Waals surface area contributed by atoms with Gasteiger partial charge in [0.1, 0.15) is 5.82 Å². The van der Waals surface area contributed by atoms with Gasteiger partial charge in [0.15, 0.2) is 0 Å². The molecule has 17 heavy (non-hydrogen) atoms. The van der Waals surface area contributed by atoms with Crippen LogP contribution in [0.2, 0.25) is 0 Å². The average Bonchev–Trinajstić information content (AvgIpc) is 2.14. The summed E-state index contributed by atoms with van der Waals surface area (Å²) in [5, 5.41) is 20.2. The van der Waals surface area contributed by atoms with E-state index < -0.39 is 10.5 Å². The first-order valence-corrected chi connectivity index (χ1v) is 5.05. The lowest BCUT2D eigenvalue weighted by molar-refractivity contribution is -0.384. The van der Waals surface area contributed by atoms with Crippen molar-refractivity contribution < 1.29 is 10.0 Å². The number of anilines is 2. The largest absolute Gasteiger partial charge is 0.389 e. The number of nitrogens with two attached hydrogens (primary N) is 1. The van der Waals surface area contributed by atoms with E-state index in [9.17, 15) is 15.2 Å². The van der Waals surface area contributed by atoms with Gasteiger partial charge in [0.05, 0.1) is 10.5 Å². The molecule has 7 nitrogen and oxygen atoms in total. The van der Waals surface area contributed by atoms with Gasteiger partial charge < -0.3 is 15.7 Å². The van der Waals surface area contributed by atoms with Crippen molar-refractivity contribution in [2.45, 2.75) is 19.4 Å². The van der Waals surface area contributed by atoms with Gasteiger partial charge in [0.2, 0.25) is 5.82 Å². The van der Waals surface area contributed by atoms with Crippen molar-refractivity contribution in [1.82, 2.24) is 4.98 Å². The van der Waals surface area contributed by atoms with Crippen molar-refractivity contribution in [3.05, 3.63) is 22.2 Å². The Bertz CT molecular complexity index is 428. The third-order valence-corrected chi connectivity index (χ3v) is 2.10. The number of hydrogen-bond donors (Lipinski definition) is 2. The molecule has 0 spiro atoms. The van der Waals surface area contributed by atoms with E-state index in [-0.39, 0.29) is 11.5 Å². The molecule has 0 radical (unpaired) electrons. The van der Waals surface area contributed by atoms with Crippen molar-refractivity contribution >= 4 is 17.3 Å². The number of aliphatic hydroxyl groups is 1. The van der Waals surface area contributed by atoms with Gasteiger partial charge in [-0.1, -0.05) is 0 Å². The Morgan fingerprint density at radius 3 is 2.59 bits per heavy atom. The van der Waals surface area contributed by atoms with Crippen LogP contribution in [0.25, 0.3) is 0 Å². The summed E-state index contributed by atoms with van der Waals surface area (Å²) >= 11 is 0. The molecule has 0 aliphatic carbocycles. The van der Waals surface area contributed by atoms with Gasteiger partial charge in [-0.25, -0.2) is 4.98 Å². The maximum absolute atomic E-state index is 10.6. The molecule has 0 amide bonds. The van der Waals surface area contributed by atoms with Crippen LogP contribution in [0.5, 0.6) is 0 Å². The third kappa shape index (κ3) is 3.56. The quantitative estimate of drug-likeness (QED) is 0.595. The number of nitrogen functional groups attached to an aromatic ring is 1. The number of nitrogens with zero attached hydrogens (tertiary/aromatic N) is 3. The molecular weight excluding hydrogens is 224 g/mol. The van der Waals surface area contributed by atoms with Crippen LogP contribution in [0.1, 0.15) is 13.8 Å². The Balaban J connectivity index is 2.94. The summed E-state index contributed by atoms with van der Waals surface area (Å²) in [6.07, 6.45) is 0. The molecule has 0 fully saturated rings. The van der Waals surface area contributed by atoms with Crippen LogP contribution in [-0.4, -0.2) is 34.2 Å². The summed E-state index contributed by atoms with van der Waals surface area (Å²) in [6.45, 7) is 3.67. The lowest BCUT2D eigenvalue weighted by Crippen LogP contribution is -2.36. The SMILES string of the molecule is CN(CC(C)(C)O)c1ccc([N+](=O)[O-])c(N)n1. The molecule has 7 heteroatoms. The molecule has 0 saturated heterocycles. The Labute approximate surface area is 99.0 Å². The number of rotatable bonds is 4. The summed E-state index contributed by atoms with van der Waals surface area (Å²) in [5.41, 5.74) is 4.38. The zero-order valence-corrected chi connectivity index (χ0v) is 10.0. The molecule has 0 atom stereocenters. The van der Waals surface area contributed by atoms with E-state index in [1.54, 1.807) is 25.8 Å².